The van der Waals surface area contributed by atoms with Crippen molar-refractivity contribution in [2.75, 3.05) is 26.3 Å². The Hall–Kier alpha value is -1.01. The van der Waals surface area contributed by atoms with Gasteiger partial charge in [0.25, 0.3) is 5.91 Å². The smallest absolute Gasteiger partial charge is 0.263 e. The summed E-state index contributed by atoms with van der Waals surface area (Å²) >= 11 is 12.1. The standard InChI is InChI=1S/C17H21Cl2NO4/c1-2-14(24-15-11-12(18)3-4-13(15)19)16(21)20-7-5-17(6-8-20)22-9-10-23-17/h3-4,11,14H,2,5-10H2,1H3/t14-/m0/s1. The number of rotatable bonds is 4. The van der Waals surface area contributed by atoms with Gasteiger partial charge in [-0.3, -0.25) is 4.79 Å². The molecule has 132 valence electrons. The summed E-state index contributed by atoms with van der Waals surface area (Å²) in [5.41, 5.74) is 0. The van der Waals surface area contributed by atoms with Crippen LogP contribution in [0.4, 0.5) is 0 Å². The summed E-state index contributed by atoms with van der Waals surface area (Å²) in [5, 5.41) is 0.961. The lowest BCUT2D eigenvalue weighted by molar-refractivity contribution is -0.189. The average molecular weight is 374 g/mol. The minimum absolute atomic E-state index is 0.0404. The molecule has 0 saturated carbocycles. The molecule has 2 heterocycles. The summed E-state index contributed by atoms with van der Waals surface area (Å²) in [7, 11) is 0. The molecule has 3 rings (SSSR count). The highest BCUT2D eigenvalue weighted by molar-refractivity contribution is 6.34. The molecule has 2 saturated heterocycles. The molecule has 2 fully saturated rings. The van der Waals surface area contributed by atoms with E-state index in [4.69, 9.17) is 37.4 Å². The van der Waals surface area contributed by atoms with Crippen LogP contribution < -0.4 is 4.74 Å². The van der Waals surface area contributed by atoms with Gasteiger partial charge in [0.2, 0.25) is 0 Å². The third-order valence-corrected chi connectivity index (χ3v) is 5.01. The highest BCUT2D eigenvalue weighted by Gasteiger charge is 2.41. The first-order valence-corrected chi connectivity index (χ1v) is 8.97. The summed E-state index contributed by atoms with van der Waals surface area (Å²) < 4.78 is 17.2. The maximum Gasteiger partial charge on any atom is 0.263 e. The number of amides is 1. The molecule has 1 amide bonds. The Morgan fingerprint density at radius 3 is 2.58 bits per heavy atom. The first-order chi connectivity index (χ1) is 11.5. The van der Waals surface area contributed by atoms with Gasteiger partial charge in [0.05, 0.1) is 18.2 Å². The molecular formula is C17H21Cl2NO4. The van der Waals surface area contributed by atoms with Crippen molar-refractivity contribution < 1.29 is 19.0 Å². The highest BCUT2D eigenvalue weighted by atomic mass is 35.5. The Balaban J connectivity index is 1.63. The highest BCUT2D eigenvalue weighted by Crippen LogP contribution is 2.32. The zero-order valence-corrected chi connectivity index (χ0v) is 15.1. The summed E-state index contributed by atoms with van der Waals surface area (Å²) in [6, 6.07) is 4.98. The lowest BCUT2D eigenvalue weighted by Gasteiger charge is -2.38. The topological polar surface area (TPSA) is 48.0 Å². The van der Waals surface area contributed by atoms with Crippen molar-refractivity contribution >= 4 is 29.1 Å². The van der Waals surface area contributed by atoms with Crippen LogP contribution in [0.15, 0.2) is 18.2 Å². The number of carbonyl (C=O) groups excluding carboxylic acids is 1. The molecule has 0 aromatic heterocycles. The molecule has 7 heteroatoms. The molecule has 1 spiro atoms. The molecule has 1 aromatic rings. The molecule has 0 N–H and O–H groups in total. The van der Waals surface area contributed by atoms with Crippen molar-refractivity contribution in [1.29, 1.82) is 0 Å². The fourth-order valence-electron chi connectivity index (χ4n) is 3.09. The monoisotopic (exact) mass is 373 g/mol. The van der Waals surface area contributed by atoms with Gasteiger partial charge in [0.15, 0.2) is 11.9 Å². The van der Waals surface area contributed by atoms with Crippen molar-refractivity contribution in [3.8, 4) is 5.75 Å². The normalized spacial score (nSPS) is 21.0. The van der Waals surface area contributed by atoms with Crippen molar-refractivity contribution in [1.82, 2.24) is 4.90 Å². The molecule has 24 heavy (non-hydrogen) atoms. The fourth-order valence-corrected chi connectivity index (χ4v) is 3.41. The number of hydrogen-bond acceptors (Lipinski definition) is 4. The molecule has 2 aliphatic rings. The molecule has 5 nitrogen and oxygen atoms in total. The lowest BCUT2D eigenvalue weighted by Crippen LogP contribution is -2.50. The minimum atomic E-state index is -0.583. The van der Waals surface area contributed by atoms with Crippen LogP contribution in [0.25, 0.3) is 0 Å². The van der Waals surface area contributed by atoms with Crippen LogP contribution >= 0.6 is 23.2 Å². The third-order valence-electron chi connectivity index (χ3n) is 4.46. The van der Waals surface area contributed by atoms with Crippen LogP contribution in [0.1, 0.15) is 26.2 Å². The fraction of sp³-hybridized carbons (Fsp3) is 0.588. The van der Waals surface area contributed by atoms with Gasteiger partial charge in [-0.1, -0.05) is 30.1 Å². The van der Waals surface area contributed by atoms with E-state index in [0.717, 1.165) is 0 Å². The Kier molecular flexibility index (Phi) is 5.55. The SMILES string of the molecule is CC[C@H](Oc1cc(Cl)ccc1Cl)C(=O)N1CCC2(CC1)OCCO2. The average Bonchev–Trinajstić information content (AvgIpc) is 3.04. The summed E-state index contributed by atoms with van der Waals surface area (Å²) in [6.07, 6.45) is 1.34. The second-order valence-electron chi connectivity index (χ2n) is 6.02. The Morgan fingerprint density at radius 2 is 1.96 bits per heavy atom. The molecule has 2 aliphatic heterocycles. The number of halogens is 2. The largest absolute Gasteiger partial charge is 0.479 e. The van der Waals surface area contributed by atoms with Gasteiger partial charge in [-0.25, -0.2) is 0 Å². The molecule has 1 atom stereocenters. The number of hydrogen-bond donors (Lipinski definition) is 0. The van der Waals surface area contributed by atoms with E-state index < -0.39 is 11.9 Å². The maximum absolute atomic E-state index is 12.8. The van der Waals surface area contributed by atoms with Crippen molar-refractivity contribution in [2.24, 2.45) is 0 Å². The van der Waals surface area contributed by atoms with E-state index >= 15 is 0 Å². The Labute approximate surface area is 151 Å². The van der Waals surface area contributed by atoms with E-state index in [9.17, 15) is 4.79 Å². The summed E-state index contributed by atoms with van der Waals surface area (Å²) in [6.45, 7) is 4.36. The number of likely N-dealkylation sites (tertiary alicyclic amines) is 1. The van der Waals surface area contributed by atoms with Gasteiger partial charge < -0.3 is 19.1 Å². The molecule has 0 bridgehead atoms. The van der Waals surface area contributed by atoms with Crippen LogP contribution in [0.3, 0.4) is 0 Å². The summed E-state index contributed by atoms with van der Waals surface area (Å²) in [5.74, 6) is -0.100. The van der Waals surface area contributed by atoms with E-state index in [1.807, 2.05) is 11.8 Å². The zero-order valence-electron chi connectivity index (χ0n) is 13.6. The molecule has 0 unspecified atom stereocenters. The van der Waals surface area contributed by atoms with Gasteiger partial charge >= 0.3 is 0 Å². The van der Waals surface area contributed by atoms with Crippen LogP contribution in [0, 0.1) is 0 Å². The second-order valence-corrected chi connectivity index (χ2v) is 6.87. The molecule has 1 aromatic carbocycles. The predicted octanol–water partition coefficient (Wildman–Crippen LogP) is 3.52. The number of piperidine rings is 1. The molecule has 0 aliphatic carbocycles. The van der Waals surface area contributed by atoms with Gasteiger partial charge in [0.1, 0.15) is 5.75 Å². The van der Waals surface area contributed by atoms with E-state index in [2.05, 4.69) is 0 Å². The van der Waals surface area contributed by atoms with E-state index in [0.29, 0.717) is 61.4 Å². The first kappa shape index (κ1) is 17.8. The van der Waals surface area contributed by atoms with Crippen molar-refractivity contribution in [2.45, 2.75) is 38.1 Å². The van der Waals surface area contributed by atoms with Crippen LogP contribution in [-0.4, -0.2) is 49.0 Å². The van der Waals surface area contributed by atoms with Gasteiger partial charge in [-0.15, -0.1) is 0 Å². The van der Waals surface area contributed by atoms with Crippen LogP contribution in [0.2, 0.25) is 10.0 Å². The molecule has 0 radical (unpaired) electrons. The number of ether oxygens (including phenoxy) is 3. The quantitative estimate of drug-likeness (QED) is 0.809. The molecular weight excluding hydrogens is 353 g/mol. The second kappa shape index (κ2) is 7.48. The Morgan fingerprint density at radius 1 is 1.29 bits per heavy atom. The van der Waals surface area contributed by atoms with E-state index in [1.165, 1.54) is 0 Å². The maximum atomic E-state index is 12.8. The van der Waals surface area contributed by atoms with Gasteiger partial charge in [-0.2, -0.15) is 0 Å². The van der Waals surface area contributed by atoms with E-state index in [1.54, 1.807) is 18.2 Å². The first-order valence-electron chi connectivity index (χ1n) is 8.21. The number of benzene rings is 1. The van der Waals surface area contributed by atoms with E-state index in [-0.39, 0.29) is 5.91 Å². The lowest BCUT2D eigenvalue weighted by atomic mass is 10.0. The van der Waals surface area contributed by atoms with Gasteiger partial charge in [-0.05, 0) is 18.6 Å². The predicted molar refractivity (Wildman–Crippen MR) is 91.6 cm³/mol. The van der Waals surface area contributed by atoms with Gasteiger partial charge in [0, 0.05) is 37.0 Å². The van der Waals surface area contributed by atoms with Crippen molar-refractivity contribution in [3.63, 3.8) is 0 Å². The third kappa shape index (κ3) is 3.80. The minimum Gasteiger partial charge on any atom is -0.479 e. The van der Waals surface area contributed by atoms with Crippen LogP contribution in [0.5, 0.6) is 5.75 Å². The van der Waals surface area contributed by atoms with Crippen molar-refractivity contribution in [3.05, 3.63) is 28.2 Å². The zero-order chi connectivity index (χ0) is 17.2. The van der Waals surface area contributed by atoms with Crippen LogP contribution in [-0.2, 0) is 14.3 Å². The Bertz CT molecular complexity index is 594. The number of carbonyl (C=O) groups is 1. The number of nitrogens with zero attached hydrogens (tertiary/aromatic N) is 1. The summed E-state index contributed by atoms with van der Waals surface area (Å²) in [4.78, 5) is 14.6.